The minimum Gasteiger partial charge on any atom is -0.495 e. The van der Waals surface area contributed by atoms with Gasteiger partial charge in [-0.25, -0.2) is 4.68 Å². The van der Waals surface area contributed by atoms with Crippen LogP contribution in [-0.4, -0.2) is 22.8 Å². The summed E-state index contributed by atoms with van der Waals surface area (Å²) in [7, 11) is 1.56. The zero-order valence-corrected chi connectivity index (χ0v) is 16.9. The van der Waals surface area contributed by atoms with Crippen LogP contribution < -0.4 is 10.1 Å². The predicted molar refractivity (Wildman–Crippen MR) is 111 cm³/mol. The van der Waals surface area contributed by atoms with Crippen molar-refractivity contribution in [1.29, 1.82) is 0 Å². The molecule has 0 radical (unpaired) electrons. The lowest BCUT2D eigenvalue weighted by molar-refractivity contribution is 0.102. The molecule has 4 rings (SSSR count). The van der Waals surface area contributed by atoms with Crippen LogP contribution in [0.4, 0.5) is 5.69 Å². The van der Waals surface area contributed by atoms with Gasteiger partial charge in [-0.3, -0.25) is 4.79 Å². The van der Waals surface area contributed by atoms with E-state index in [1.165, 1.54) is 5.56 Å². The van der Waals surface area contributed by atoms with Crippen LogP contribution in [-0.2, 0) is 12.8 Å². The van der Waals surface area contributed by atoms with E-state index in [2.05, 4.69) is 29.5 Å². The number of hydrogen-bond acceptors (Lipinski definition) is 3. The summed E-state index contributed by atoms with van der Waals surface area (Å²) < 4.78 is 7.28. The van der Waals surface area contributed by atoms with Crippen LogP contribution in [0.15, 0.2) is 36.4 Å². The predicted octanol–water partition coefficient (Wildman–Crippen LogP) is 4.89. The molecule has 0 fully saturated rings. The van der Waals surface area contributed by atoms with Gasteiger partial charge in [0.15, 0.2) is 5.69 Å². The molecule has 1 amide bonds. The van der Waals surface area contributed by atoms with Crippen LogP contribution >= 0.6 is 11.6 Å². The average molecular weight is 396 g/mol. The van der Waals surface area contributed by atoms with Gasteiger partial charge < -0.3 is 10.1 Å². The fourth-order valence-electron chi connectivity index (χ4n) is 3.63. The molecule has 1 heterocycles. The van der Waals surface area contributed by atoms with Gasteiger partial charge in [-0.2, -0.15) is 5.10 Å². The lowest BCUT2D eigenvalue weighted by Crippen LogP contribution is -2.15. The third kappa shape index (κ3) is 3.27. The highest BCUT2D eigenvalue weighted by atomic mass is 35.5. The van der Waals surface area contributed by atoms with Crippen molar-refractivity contribution in [2.75, 3.05) is 12.4 Å². The molecule has 2 aromatic carbocycles. The number of amides is 1. The highest BCUT2D eigenvalue weighted by Crippen LogP contribution is 2.33. The van der Waals surface area contributed by atoms with Gasteiger partial charge >= 0.3 is 0 Å². The monoisotopic (exact) mass is 395 g/mol. The number of fused-ring (bicyclic) bond motifs is 1. The van der Waals surface area contributed by atoms with E-state index in [1.54, 1.807) is 13.2 Å². The molecule has 0 saturated carbocycles. The first kappa shape index (κ1) is 18.6. The van der Waals surface area contributed by atoms with E-state index in [0.717, 1.165) is 41.8 Å². The van der Waals surface area contributed by atoms with E-state index in [4.69, 9.17) is 16.3 Å². The summed E-state index contributed by atoms with van der Waals surface area (Å²) in [6.45, 7) is 3.94. The lowest BCUT2D eigenvalue weighted by atomic mass is 10.1. The second kappa shape index (κ2) is 7.32. The van der Waals surface area contributed by atoms with Gasteiger partial charge in [0.25, 0.3) is 5.91 Å². The van der Waals surface area contributed by atoms with Gasteiger partial charge in [0.1, 0.15) is 5.75 Å². The van der Waals surface area contributed by atoms with Crippen LogP contribution in [0.5, 0.6) is 5.75 Å². The lowest BCUT2D eigenvalue weighted by Gasteiger charge is -2.12. The first-order valence-corrected chi connectivity index (χ1v) is 9.69. The second-order valence-electron chi connectivity index (χ2n) is 7.13. The van der Waals surface area contributed by atoms with Crippen molar-refractivity contribution >= 4 is 23.2 Å². The summed E-state index contributed by atoms with van der Waals surface area (Å²) in [6.07, 6.45) is 2.82. The van der Waals surface area contributed by atoms with Gasteiger partial charge in [0, 0.05) is 22.3 Å². The molecule has 0 unspecified atom stereocenters. The van der Waals surface area contributed by atoms with E-state index in [-0.39, 0.29) is 5.91 Å². The number of halogens is 1. The van der Waals surface area contributed by atoms with E-state index in [0.29, 0.717) is 22.2 Å². The number of rotatable bonds is 4. The Hall–Kier alpha value is -2.79. The Labute approximate surface area is 169 Å². The van der Waals surface area contributed by atoms with Gasteiger partial charge in [-0.05, 0) is 56.9 Å². The largest absolute Gasteiger partial charge is 0.495 e. The van der Waals surface area contributed by atoms with Crippen LogP contribution in [0.2, 0.25) is 5.02 Å². The van der Waals surface area contributed by atoms with Gasteiger partial charge in [0.05, 0.1) is 18.5 Å². The SMILES string of the molecule is COc1cc(Cl)c(C)cc1NC(=O)c1nn(-c2ccc(C)cc2)c2c1CCC2. The molecule has 0 aliphatic heterocycles. The normalized spacial score (nSPS) is 12.7. The molecule has 1 aliphatic rings. The third-order valence-electron chi connectivity index (χ3n) is 5.15. The Bertz CT molecular complexity index is 1050. The Kier molecular flexibility index (Phi) is 4.85. The van der Waals surface area contributed by atoms with Crippen LogP contribution in [0.25, 0.3) is 5.69 Å². The molecule has 28 heavy (non-hydrogen) atoms. The number of ether oxygens (including phenoxy) is 1. The molecule has 0 spiro atoms. The smallest absolute Gasteiger partial charge is 0.276 e. The molecule has 6 heteroatoms. The summed E-state index contributed by atoms with van der Waals surface area (Å²) in [5.74, 6) is 0.294. The van der Waals surface area contributed by atoms with Gasteiger partial charge in [-0.15, -0.1) is 0 Å². The molecule has 1 N–H and O–H groups in total. The summed E-state index contributed by atoms with van der Waals surface area (Å²) >= 11 is 6.17. The van der Waals surface area contributed by atoms with E-state index >= 15 is 0 Å². The Morgan fingerprint density at radius 1 is 1.18 bits per heavy atom. The number of nitrogens with one attached hydrogen (secondary N) is 1. The van der Waals surface area contributed by atoms with Crippen molar-refractivity contribution < 1.29 is 9.53 Å². The van der Waals surface area contributed by atoms with Crippen LogP contribution in [0.1, 0.15) is 39.3 Å². The zero-order valence-electron chi connectivity index (χ0n) is 16.2. The number of nitrogens with zero attached hydrogens (tertiary/aromatic N) is 2. The van der Waals surface area contributed by atoms with Gasteiger partial charge in [-0.1, -0.05) is 29.3 Å². The third-order valence-corrected chi connectivity index (χ3v) is 5.56. The fourth-order valence-corrected chi connectivity index (χ4v) is 3.78. The summed E-state index contributed by atoms with van der Waals surface area (Å²) in [5, 5.41) is 8.21. The van der Waals surface area contributed by atoms with E-state index < -0.39 is 0 Å². The van der Waals surface area contributed by atoms with Crippen molar-refractivity contribution in [2.24, 2.45) is 0 Å². The number of carbonyl (C=O) groups excluding carboxylic acids is 1. The molecule has 0 saturated heterocycles. The van der Waals surface area contributed by atoms with Crippen molar-refractivity contribution in [3.63, 3.8) is 0 Å². The van der Waals surface area contributed by atoms with Crippen molar-refractivity contribution in [3.8, 4) is 11.4 Å². The molecule has 0 bridgehead atoms. The number of anilines is 1. The zero-order chi connectivity index (χ0) is 19.8. The fraction of sp³-hybridized carbons (Fsp3) is 0.273. The van der Waals surface area contributed by atoms with E-state index in [9.17, 15) is 4.79 Å². The summed E-state index contributed by atoms with van der Waals surface area (Å²) in [6, 6.07) is 11.7. The first-order valence-electron chi connectivity index (χ1n) is 9.31. The van der Waals surface area contributed by atoms with Crippen molar-refractivity contribution in [2.45, 2.75) is 33.1 Å². The summed E-state index contributed by atoms with van der Waals surface area (Å²) in [4.78, 5) is 13.1. The molecule has 1 aromatic heterocycles. The molecular formula is C22H22ClN3O2. The first-order chi connectivity index (χ1) is 13.5. The van der Waals surface area contributed by atoms with Crippen molar-refractivity contribution in [3.05, 3.63) is 69.5 Å². The highest BCUT2D eigenvalue weighted by Gasteiger charge is 2.27. The molecule has 144 valence electrons. The summed E-state index contributed by atoms with van der Waals surface area (Å²) in [5.41, 5.74) is 6.25. The average Bonchev–Trinajstić information content (AvgIpc) is 3.28. The Morgan fingerprint density at radius 3 is 2.64 bits per heavy atom. The minimum atomic E-state index is -0.232. The number of benzene rings is 2. The number of methoxy groups -OCH3 is 1. The quantitative estimate of drug-likeness (QED) is 0.684. The van der Waals surface area contributed by atoms with Crippen LogP contribution in [0.3, 0.4) is 0 Å². The van der Waals surface area contributed by atoms with Crippen LogP contribution in [0, 0.1) is 13.8 Å². The molecule has 5 nitrogen and oxygen atoms in total. The topological polar surface area (TPSA) is 56.1 Å². The van der Waals surface area contributed by atoms with Gasteiger partial charge in [0.2, 0.25) is 0 Å². The maximum Gasteiger partial charge on any atom is 0.276 e. The number of hydrogen-bond donors (Lipinski definition) is 1. The number of carbonyl (C=O) groups is 1. The highest BCUT2D eigenvalue weighted by molar-refractivity contribution is 6.31. The second-order valence-corrected chi connectivity index (χ2v) is 7.54. The Balaban J connectivity index is 1.70. The maximum absolute atomic E-state index is 13.1. The van der Waals surface area contributed by atoms with E-state index in [1.807, 2.05) is 29.8 Å². The maximum atomic E-state index is 13.1. The molecule has 3 aromatic rings. The van der Waals surface area contributed by atoms with Crippen molar-refractivity contribution in [1.82, 2.24) is 9.78 Å². The Morgan fingerprint density at radius 2 is 1.93 bits per heavy atom. The number of aromatic nitrogens is 2. The standard InChI is InChI=1S/C22H22ClN3O2/c1-13-7-9-15(10-8-13)26-19-6-4-5-16(19)21(25-26)22(27)24-18-11-14(2)17(23)12-20(18)28-3/h7-12H,4-6H2,1-3H3,(H,24,27). The molecule has 1 aliphatic carbocycles. The number of aryl methyl sites for hydroxylation is 2. The minimum absolute atomic E-state index is 0.232. The molecule has 0 atom stereocenters. The molecular weight excluding hydrogens is 374 g/mol.